The van der Waals surface area contributed by atoms with Gasteiger partial charge in [-0.05, 0) is 33.1 Å². The molecule has 0 aromatic rings. The zero-order valence-corrected chi connectivity index (χ0v) is 9.79. The van der Waals surface area contributed by atoms with Crippen LogP contribution >= 0.6 is 0 Å². The van der Waals surface area contributed by atoms with Gasteiger partial charge in [-0.1, -0.05) is 0 Å². The van der Waals surface area contributed by atoms with Gasteiger partial charge in [0.15, 0.2) is 0 Å². The number of unbranched alkanes of at least 4 members (excludes halogenated alkanes) is 1. The van der Waals surface area contributed by atoms with Gasteiger partial charge in [0.2, 0.25) is 0 Å². The molecule has 0 rings (SSSR count). The fourth-order valence-corrected chi connectivity index (χ4v) is 1.12. The van der Waals surface area contributed by atoms with Crippen LogP contribution in [0.3, 0.4) is 0 Å². The van der Waals surface area contributed by atoms with Crippen LogP contribution in [0.1, 0.15) is 33.1 Å². The van der Waals surface area contributed by atoms with Crippen LogP contribution in [0.4, 0.5) is 0 Å². The van der Waals surface area contributed by atoms with Crippen LogP contribution in [0.2, 0.25) is 0 Å². The van der Waals surface area contributed by atoms with E-state index in [1.54, 1.807) is 6.92 Å². The van der Waals surface area contributed by atoms with Crippen LogP contribution in [0.25, 0.3) is 0 Å². The van der Waals surface area contributed by atoms with Gasteiger partial charge in [-0.25, -0.2) is 0 Å². The molecule has 0 amide bonds. The van der Waals surface area contributed by atoms with Crippen molar-refractivity contribution in [2.45, 2.75) is 38.6 Å². The van der Waals surface area contributed by atoms with E-state index in [2.05, 4.69) is 6.07 Å². The van der Waals surface area contributed by atoms with Crippen molar-refractivity contribution in [2.75, 3.05) is 26.4 Å². The first-order valence-electron chi connectivity index (χ1n) is 5.48. The summed E-state index contributed by atoms with van der Waals surface area (Å²) in [6, 6.07) is 2.08. The maximum atomic E-state index is 8.67. The van der Waals surface area contributed by atoms with Crippen molar-refractivity contribution in [3.63, 3.8) is 0 Å². The highest BCUT2D eigenvalue weighted by Gasteiger charge is 2.15. The first-order chi connectivity index (χ1) is 7.12. The minimum absolute atomic E-state index is 0.645. The fraction of sp³-hybridized carbons (Fsp3) is 0.909. The Morgan fingerprint density at radius 2 is 1.87 bits per heavy atom. The van der Waals surface area contributed by atoms with Gasteiger partial charge in [0.05, 0.1) is 19.3 Å². The predicted molar refractivity (Wildman–Crippen MR) is 59.4 cm³/mol. The van der Waals surface area contributed by atoms with Gasteiger partial charge in [0, 0.05) is 13.2 Å². The van der Waals surface area contributed by atoms with Gasteiger partial charge in [0.25, 0.3) is 0 Å². The highest BCUT2D eigenvalue weighted by atomic mass is 16.5. The summed E-state index contributed by atoms with van der Waals surface area (Å²) in [5.41, 5.74) is 4.99. The van der Waals surface area contributed by atoms with Crippen molar-refractivity contribution in [2.24, 2.45) is 5.73 Å². The summed E-state index contributed by atoms with van der Waals surface area (Å²) in [6.07, 6.45) is 2.59. The van der Waals surface area contributed by atoms with Crippen molar-refractivity contribution in [1.82, 2.24) is 0 Å². The number of rotatable bonds is 9. The molecule has 0 aromatic carbocycles. The molecule has 0 aliphatic carbocycles. The van der Waals surface area contributed by atoms with Gasteiger partial charge in [0.1, 0.15) is 5.54 Å². The van der Waals surface area contributed by atoms with Crippen LogP contribution in [-0.4, -0.2) is 32.0 Å². The van der Waals surface area contributed by atoms with E-state index in [1.807, 2.05) is 6.92 Å². The van der Waals surface area contributed by atoms with Gasteiger partial charge in [-0.15, -0.1) is 0 Å². The van der Waals surface area contributed by atoms with Crippen LogP contribution in [0, 0.1) is 11.3 Å². The Bertz CT molecular complexity index is 188. The predicted octanol–water partition coefficient (Wildman–Crippen LogP) is 1.45. The topological polar surface area (TPSA) is 68.3 Å². The Balaban J connectivity index is 3.16. The SMILES string of the molecule is CCOCCOCCCCC(C)(N)C#N. The lowest BCUT2D eigenvalue weighted by Gasteiger charge is -2.14. The second-order valence-electron chi connectivity index (χ2n) is 3.80. The molecule has 0 radical (unpaired) electrons. The summed E-state index contributed by atoms with van der Waals surface area (Å²) in [5.74, 6) is 0. The molecule has 1 atom stereocenters. The molecule has 1 unspecified atom stereocenters. The van der Waals surface area contributed by atoms with Crippen LogP contribution in [0.5, 0.6) is 0 Å². The summed E-state index contributed by atoms with van der Waals surface area (Å²) in [6.45, 7) is 6.47. The van der Waals surface area contributed by atoms with E-state index in [0.29, 0.717) is 19.8 Å². The van der Waals surface area contributed by atoms with Crippen LogP contribution in [-0.2, 0) is 9.47 Å². The monoisotopic (exact) mass is 214 g/mol. The molecule has 0 aliphatic heterocycles. The first kappa shape index (κ1) is 14.4. The zero-order valence-electron chi connectivity index (χ0n) is 9.79. The largest absolute Gasteiger partial charge is 0.379 e. The molecule has 0 bridgehead atoms. The molecule has 0 aromatic heterocycles. The van der Waals surface area contributed by atoms with E-state index in [4.69, 9.17) is 20.5 Å². The number of nitrogens with zero attached hydrogens (tertiary/aromatic N) is 1. The Morgan fingerprint density at radius 3 is 2.47 bits per heavy atom. The highest BCUT2D eigenvalue weighted by Crippen LogP contribution is 2.08. The van der Waals surface area contributed by atoms with Crippen LogP contribution < -0.4 is 5.73 Å². The van der Waals surface area contributed by atoms with Gasteiger partial charge >= 0.3 is 0 Å². The second-order valence-corrected chi connectivity index (χ2v) is 3.80. The minimum atomic E-state index is -0.689. The highest BCUT2D eigenvalue weighted by molar-refractivity contribution is 5.00. The third kappa shape index (κ3) is 9.67. The summed E-state index contributed by atoms with van der Waals surface area (Å²) < 4.78 is 10.5. The van der Waals surface area contributed by atoms with E-state index in [1.165, 1.54) is 0 Å². The average molecular weight is 214 g/mol. The summed E-state index contributed by atoms with van der Waals surface area (Å²) in [4.78, 5) is 0. The molecular weight excluding hydrogens is 192 g/mol. The molecule has 0 heterocycles. The van der Waals surface area contributed by atoms with E-state index in [0.717, 1.165) is 25.9 Å². The standard InChI is InChI=1S/C11H22N2O2/c1-3-14-8-9-15-7-5-4-6-11(2,13)10-12/h3-9,13H2,1-2H3. The van der Waals surface area contributed by atoms with Gasteiger partial charge < -0.3 is 15.2 Å². The summed E-state index contributed by atoms with van der Waals surface area (Å²) >= 11 is 0. The van der Waals surface area contributed by atoms with E-state index in [9.17, 15) is 0 Å². The second kappa shape index (κ2) is 8.66. The lowest BCUT2D eigenvalue weighted by Crippen LogP contribution is -2.33. The lowest BCUT2D eigenvalue weighted by molar-refractivity contribution is 0.0510. The average Bonchev–Trinajstić information content (AvgIpc) is 2.22. The molecule has 4 heteroatoms. The van der Waals surface area contributed by atoms with Crippen LogP contribution in [0.15, 0.2) is 0 Å². The molecule has 0 fully saturated rings. The van der Waals surface area contributed by atoms with Crippen molar-refractivity contribution in [3.8, 4) is 6.07 Å². The number of nitrogens with two attached hydrogens (primary N) is 1. The number of nitriles is 1. The van der Waals surface area contributed by atoms with E-state index in [-0.39, 0.29) is 0 Å². The smallest absolute Gasteiger partial charge is 0.101 e. The zero-order chi connectivity index (χ0) is 11.6. The Kier molecular flexibility index (Phi) is 8.30. The molecule has 15 heavy (non-hydrogen) atoms. The third-order valence-electron chi connectivity index (χ3n) is 2.07. The van der Waals surface area contributed by atoms with Gasteiger partial charge in [-0.2, -0.15) is 5.26 Å². The summed E-state index contributed by atoms with van der Waals surface area (Å²) in [5, 5.41) is 8.67. The Hall–Kier alpha value is -0.630. The Labute approximate surface area is 92.3 Å². The quantitative estimate of drug-likeness (QED) is 0.590. The molecular formula is C11H22N2O2. The lowest BCUT2D eigenvalue weighted by atomic mass is 9.98. The molecule has 88 valence electrons. The summed E-state index contributed by atoms with van der Waals surface area (Å²) in [7, 11) is 0. The molecule has 2 N–H and O–H groups in total. The maximum absolute atomic E-state index is 8.67. The van der Waals surface area contributed by atoms with Crippen molar-refractivity contribution >= 4 is 0 Å². The first-order valence-corrected chi connectivity index (χ1v) is 5.48. The van der Waals surface area contributed by atoms with Gasteiger partial charge in [-0.3, -0.25) is 0 Å². The normalized spacial score (nSPS) is 14.5. The van der Waals surface area contributed by atoms with E-state index < -0.39 is 5.54 Å². The number of ether oxygens (including phenoxy) is 2. The fourth-order valence-electron chi connectivity index (χ4n) is 1.12. The molecule has 0 saturated carbocycles. The minimum Gasteiger partial charge on any atom is -0.379 e. The third-order valence-corrected chi connectivity index (χ3v) is 2.07. The van der Waals surface area contributed by atoms with Crippen molar-refractivity contribution in [3.05, 3.63) is 0 Å². The molecule has 4 nitrogen and oxygen atoms in total. The molecule has 0 aliphatic rings. The maximum Gasteiger partial charge on any atom is 0.101 e. The molecule has 0 spiro atoms. The van der Waals surface area contributed by atoms with Crippen molar-refractivity contribution in [1.29, 1.82) is 5.26 Å². The molecule has 0 saturated heterocycles. The number of hydrogen-bond donors (Lipinski definition) is 1. The van der Waals surface area contributed by atoms with Crippen molar-refractivity contribution < 1.29 is 9.47 Å². The number of hydrogen-bond acceptors (Lipinski definition) is 4. The Morgan fingerprint density at radius 1 is 1.20 bits per heavy atom. The van der Waals surface area contributed by atoms with E-state index >= 15 is 0 Å².